The molecule has 2 aromatic heterocycles. The molecule has 0 aliphatic carbocycles. The van der Waals surface area contributed by atoms with E-state index in [0.29, 0.717) is 31.4 Å². The number of aromatic nitrogens is 3. The molecule has 1 aliphatic heterocycles. The third-order valence-corrected chi connectivity index (χ3v) is 3.92. The average molecular weight is 331 g/mol. The predicted octanol–water partition coefficient (Wildman–Crippen LogP) is 1.13. The summed E-state index contributed by atoms with van der Waals surface area (Å²) in [5.41, 5.74) is 0.820. The highest BCUT2D eigenvalue weighted by Gasteiger charge is 2.21. The van der Waals surface area contributed by atoms with Gasteiger partial charge in [-0.1, -0.05) is 5.16 Å². The molecular weight excluding hydrogens is 310 g/mol. The molecule has 1 fully saturated rings. The summed E-state index contributed by atoms with van der Waals surface area (Å²) in [6.07, 6.45) is 1.74. The zero-order chi connectivity index (χ0) is 16.9. The van der Waals surface area contributed by atoms with Crippen LogP contribution >= 0.6 is 0 Å². The third kappa shape index (κ3) is 3.70. The van der Waals surface area contributed by atoms with Crippen LogP contribution in [0.2, 0.25) is 0 Å². The maximum absolute atomic E-state index is 11.9. The largest absolute Gasteiger partial charge is 0.372 e. The highest BCUT2D eigenvalue weighted by Crippen LogP contribution is 2.19. The first kappa shape index (κ1) is 16.4. The van der Waals surface area contributed by atoms with E-state index in [9.17, 15) is 4.79 Å². The van der Waals surface area contributed by atoms with Crippen molar-refractivity contribution in [2.45, 2.75) is 13.8 Å². The van der Waals surface area contributed by atoms with Crippen LogP contribution in [-0.4, -0.2) is 65.3 Å². The summed E-state index contributed by atoms with van der Waals surface area (Å²) in [5.74, 6) is 2.00. The number of rotatable bonds is 5. The van der Waals surface area contributed by atoms with E-state index in [2.05, 4.69) is 20.0 Å². The number of anilines is 1. The van der Waals surface area contributed by atoms with E-state index in [1.165, 1.54) is 0 Å². The quantitative estimate of drug-likeness (QED) is 0.812. The lowest BCUT2D eigenvalue weighted by Crippen LogP contribution is -2.50. The molecular formula is C16H21N5O3. The minimum atomic E-state index is 0.0484. The Morgan fingerprint density at radius 2 is 2.08 bits per heavy atom. The molecule has 0 saturated carbocycles. The van der Waals surface area contributed by atoms with E-state index in [-0.39, 0.29) is 12.5 Å². The van der Waals surface area contributed by atoms with Crippen molar-refractivity contribution in [2.75, 3.05) is 44.3 Å². The summed E-state index contributed by atoms with van der Waals surface area (Å²) in [6.45, 7) is 7.23. The first-order valence-electron chi connectivity index (χ1n) is 8.04. The Hall–Kier alpha value is -2.48. The molecule has 8 nitrogen and oxygen atoms in total. The lowest BCUT2D eigenvalue weighted by molar-refractivity contribution is -0.136. The van der Waals surface area contributed by atoms with E-state index < -0.39 is 0 Å². The fraction of sp³-hybridized carbons (Fsp3) is 0.500. The van der Waals surface area contributed by atoms with Crippen LogP contribution in [0, 0.1) is 6.92 Å². The topological polar surface area (TPSA) is 84.6 Å². The maximum atomic E-state index is 11.9. The highest BCUT2D eigenvalue weighted by molar-refractivity contribution is 5.77. The molecule has 3 heterocycles. The molecule has 0 N–H and O–H groups in total. The monoisotopic (exact) mass is 331 g/mol. The van der Waals surface area contributed by atoms with Gasteiger partial charge in [-0.25, -0.2) is 4.98 Å². The summed E-state index contributed by atoms with van der Waals surface area (Å²) < 4.78 is 10.2. The van der Waals surface area contributed by atoms with Crippen LogP contribution in [0.3, 0.4) is 0 Å². The third-order valence-electron chi connectivity index (χ3n) is 3.92. The van der Waals surface area contributed by atoms with E-state index in [4.69, 9.17) is 9.26 Å². The first-order valence-corrected chi connectivity index (χ1v) is 8.04. The molecule has 1 aliphatic rings. The number of ether oxygens (including phenoxy) is 1. The molecule has 24 heavy (non-hydrogen) atoms. The molecule has 0 spiro atoms. The zero-order valence-corrected chi connectivity index (χ0v) is 13.9. The summed E-state index contributed by atoms with van der Waals surface area (Å²) in [7, 11) is 0. The normalized spacial score (nSPS) is 14.9. The Morgan fingerprint density at radius 1 is 1.29 bits per heavy atom. The number of carbonyl (C=O) groups is 1. The smallest absolute Gasteiger partial charge is 0.248 e. The Kier molecular flexibility index (Phi) is 5.05. The summed E-state index contributed by atoms with van der Waals surface area (Å²) >= 11 is 0. The van der Waals surface area contributed by atoms with Gasteiger partial charge in [-0.3, -0.25) is 4.79 Å². The summed E-state index contributed by atoms with van der Waals surface area (Å²) in [4.78, 5) is 24.6. The van der Waals surface area contributed by atoms with Crippen molar-refractivity contribution in [2.24, 2.45) is 0 Å². The molecule has 128 valence electrons. The molecule has 0 aromatic carbocycles. The minimum absolute atomic E-state index is 0.0484. The second-order valence-corrected chi connectivity index (χ2v) is 5.55. The van der Waals surface area contributed by atoms with Gasteiger partial charge in [0.25, 0.3) is 0 Å². The van der Waals surface area contributed by atoms with Gasteiger partial charge in [0.05, 0.1) is 0 Å². The summed E-state index contributed by atoms with van der Waals surface area (Å²) in [5, 5.41) is 3.89. The molecule has 3 rings (SSSR count). The van der Waals surface area contributed by atoms with Gasteiger partial charge >= 0.3 is 0 Å². The van der Waals surface area contributed by atoms with E-state index in [1.54, 1.807) is 13.1 Å². The minimum Gasteiger partial charge on any atom is -0.372 e. The van der Waals surface area contributed by atoms with Gasteiger partial charge in [0.15, 0.2) is 0 Å². The molecule has 0 radical (unpaired) electrons. The van der Waals surface area contributed by atoms with E-state index >= 15 is 0 Å². The van der Waals surface area contributed by atoms with E-state index in [1.807, 2.05) is 24.0 Å². The van der Waals surface area contributed by atoms with Crippen LogP contribution in [0.25, 0.3) is 11.4 Å². The Morgan fingerprint density at radius 3 is 2.67 bits per heavy atom. The second kappa shape index (κ2) is 7.39. The predicted molar refractivity (Wildman–Crippen MR) is 87.6 cm³/mol. The van der Waals surface area contributed by atoms with Crippen molar-refractivity contribution in [3.63, 3.8) is 0 Å². The number of piperazine rings is 1. The van der Waals surface area contributed by atoms with Crippen LogP contribution in [0.5, 0.6) is 0 Å². The first-order chi connectivity index (χ1) is 11.7. The van der Waals surface area contributed by atoms with Crippen molar-refractivity contribution in [1.82, 2.24) is 20.0 Å². The van der Waals surface area contributed by atoms with Gasteiger partial charge in [-0.15, -0.1) is 0 Å². The van der Waals surface area contributed by atoms with Crippen molar-refractivity contribution in [3.8, 4) is 11.4 Å². The van der Waals surface area contributed by atoms with Gasteiger partial charge in [0.2, 0.25) is 17.6 Å². The van der Waals surface area contributed by atoms with Crippen LogP contribution in [0.4, 0.5) is 5.82 Å². The van der Waals surface area contributed by atoms with Crippen molar-refractivity contribution in [3.05, 3.63) is 24.2 Å². The Labute approximate surface area is 140 Å². The highest BCUT2D eigenvalue weighted by atomic mass is 16.5. The molecule has 8 heteroatoms. The molecule has 1 saturated heterocycles. The lowest BCUT2D eigenvalue weighted by atomic mass is 10.2. The van der Waals surface area contributed by atoms with Crippen molar-refractivity contribution in [1.29, 1.82) is 0 Å². The van der Waals surface area contributed by atoms with Crippen LogP contribution < -0.4 is 4.90 Å². The van der Waals surface area contributed by atoms with Crippen LogP contribution in [-0.2, 0) is 9.53 Å². The molecule has 2 aromatic rings. The molecule has 0 atom stereocenters. The SMILES string of the molecule is CCOCC(=O)N1CCN(c2ccc(-c3noc(C)n3)cn2)CC1. The van der Waals surface area contributed by atoms with Gasteiger partial charge in [-0.05, 0) is 19.1 Å². The Balaban J connectivity index is 1.57. The number of hydrogen-bond donors (Lipinski definition) is 0. The maximum Gasteiger partial charge on any atom is 0.248 e. The molecule has 0 unspecified atom stereocenters. The zero-order valence-electron chi connectivity index (χ0n) is 13.9. The second-order valence-electron chi connectivity index (χ2n) is 5.55. The standard InChI is InChI=1S/C16H21N5O3/c1-3-23-11-15(22)21-8-6-20(7-9-21)14-5-4-13(10-17-14)16-18-12(2)24-19-16/h4-5,10H,3,6-9,11H2,1-2H3. The number of amides is 1. The van der Waals surface area contributed by atoms with Crippen molar-refractivity contribution < 1.29 is 14.1 Å². The fourth-order valence-electron chi connectivity index (χ4n) is 2.59. The molecule has 1 amide bonds. The number of nitrogens with zero attached hydrogens (tertiary/aromatic N) is 5. The molecule has 0 bridgehead atoms. The van der Waals surface area contributed by atoms with Gasteiger partial charge in [-0.2, -0.15) is 4.98 Å². The van der Waals surface area contributed by atoms with Gasteiger partial charge in [0, 0.05) is 51.5 Å². The number of pyridine rings is 1. The lowest BCUT2D eigenvalue weighted by Gasteiger charge is -2.35. The van der Waals surface area contributed by atoms with Crippen LogP contribution in [0.15, 0.2) is 22.9 Å². The van der Waals surface area contributed by atoms with Crippen LogP contribution in [0.1, 0.15) is 12.8 Å². The number of hydrogen-bond acceptors (Lipinski definition) is 7. The van der Waals surface area contributed by atoms with Gasteiger partial charge in [0.1, 0.15) is 12.4 Å². The van der Waals surface area contributed by atoms with Crippen molar-refractivity contribution >= 4 is 11.7 Å². The number of carbonyl (C=O) groups excluding carboxylic acids is 1. The van der Waals surface area contributed by atoms with E-state index in [0.717, 1.165) is 24.5 Å². The summed E-state index contributed by atoms with van der Waals surface area (Å²) in [6, 6.07) is 3.87. The Bertz CT molecular complexity index is 677. The van der Waals surface area contributed by atoms with Gasteiger partial charge < -0.3 is 19.1 Å². The average Bonchev–Trinajstić information content (AvgIpc) is 3.06. The number of aryl methyl sites for hydroxylation is 1. The fourth-order valence-corrected chi connectivity index (χ4v) is 2.59.